The predicted molar refractivity (Wildman–Crippen MR) is 198 cm³/mol. The Kier molecular flexibility index (Phi) is 3.80. The summed E-state index contributed by atoms with van der Waals surface area (Å²) < 4.78 is 16.2. The molecule has 0 saturated carbocycles. The van der Waals surface area contributed by atoms with Gasteiger partial charge in [0, 0.05) is 58.2 Å². The van der Waals surface area contributed by atoms with Crippen LogP contribution in [0.2, 0.25) is 0 Å². The number of nitrogens with zero attached hydrogens (tertiary/aromatic N) is 2. The van der Waals surface area contributed by atoms with Crippen LogP contribution in [0.15, 0.2) is 120 Å². The van der Waals surface area contributed by atoms with Crippen LogP contribution in [0.1, 0.15) is 0 Å². The van der Waals surface area contributed by atoms with Gasteiger partial charge < -0.3 is 13.5 Å². The number of para-hydroxylation sites is 3. The second-order valence-electron chi connectivity index (χ2n) is 12.8. The third-order valence-electron chi connectivity index (χ3n) is 10.7. The van der Waals surface area contributed by atoms with Crippen LogP contribution in [0.4, 0.5) is 0 Å². The van der Waals surface area contributed by atoms with Gasteiger partial charge in [-0.25, -0.2) is 0 Å². The van der Waals surface area contributed by atoms with E-state index in [9.17, 15) is 0 Å². The summed E-state index contributed by atoms with van der Waals surface area (Å²) in [6, 6.07) is 42.7. The van der Waals surface area contributed by atoms with E-state index in [-0.39, 0.29) is 6.85 Å². The quantitative estimate of drug-likeness (QED) is 0.155. The van der Waals surface area contributed by atoms with Crippen LogP contribution in [-0.2, 0) is 0 Å². The minimum atomic E-state index is 0.0250. The Morgan fingerprint density at radius 3 is 2.22 bits per heavy atom. The Balaban J connectivity index is 1.35. The van der Waals surface area contributed by atoms with Crippen molar-refractivity contribution in [3.63, 3.8) is 0 Å². The molecule has 7 heterocycles. The molecule has 0 aliphatic carbocycles. The molecule has 11 aromatic rings. The van der Waals surface area contributed by atoms with Gasteiger partial charge in [0.05, 0.1) is 26.3 Å². The summed E-state index contributed by atoms with van der Waals surface area (Å²) in [6.07, 6.45) is 0. The van der Waals surface area contributed by atoms with Crippen molar-refractivity contribution < 1.29 is 4.42 Å². The van der Waals surface area contributed by atoms with E-state index in [0.717, 1.165) is 11.2 Å². The molecule has 0 N–H and O–H groups in total. The van der Waals surface area contributed by atoms with E-state index < -0.39 is 0 Å². The van der Waals surface area contributed by atoms with E-state index in [4.69, 9.17) is 4.42 Å². The molecule has 5 aromatic heterocycles. The maximum absolute atomic E-state index is 6.93. The lowest BCUT2D eigenvalue weighted by atomic mass is 9.45. The van der Waals surface area contributed by atoms with Crippen molar-refractivity contribution in [1.82, 2.24) is 9.05 Å². The van der Waals surface area contributed by atoms with Crippen LogP contribution in [0.25, 0.3) is 101 Å². The van der Waals surface area contributed by atoms with Gasteiger partial charge in [-0.15, -0.1) is 22.7 Å². The van der Waals surface area contributed by atoms with Gasteiger partial charge in [0.1, 0.15) is 5.58 Å². The first-order valence-corrected chi connectivity index (χ1v) is 17.4. The van der Waals surface area contributed by atoms with E-state index in [1.54, 1.807) is 0 Å². The summed E-state index contributed by atoms with van der Waals surface area (Å²) >= 11 is 3.84. The zero-order chi connectivity index (χ0) is 29.4. The van der Waals surface area contributed by atoms with E-state index in [2.05, 4.69) is 124 Å². The third-order valence-corrected chi connectivity index (χ3v) is 13.1. The number of furan rings is 1. The molecule has 6 aromatic carbocycles. The predicted octanol–water partition coefficient (Wildman–Crippen LogP) is 10.2. The first kappa shape index (κ1) is 23.1. The highest BCUT2D eigenvalue weighted by Crippen LogP contribution is 2.50. The zero-order valence-electron chi connectivity index (χ0n) is 24.2. The Morgan fingerprint density at radius 1 is 0.565 bits per heavy atom. The SMILES string of the molecule is c1ccc2c(c1)oc1c3c4c(cc12)-c1cccc2c5c6ccccc6sc5n(c12)B4c1cccc2c4sc5ccccc5c4n-3c12. The molecule has 13 rings (SSSR count). The summed E-state index contributed by atoms with van der Waals surface area (Å²) in [5.41, 5.74) is 12.4. The zero-order valence-corrected chi connectivity index (χ0v) is 25.8. The van der Waals surface area contributed by atoms with Crippen molar-refractivity contribution in [2.75, 3.05) is 0 Å². The molecule has 0 radical (unpaired) electrons. The fourth-order valence-electron chi connectivity index (χ4n) is 9.02. The lowest BCUT2D eigenvalue weighted by Gasteiger charge is -2.33. The molecule has 3 nitrogen and oxygen atoms in total. The Morgan fingerprint density at radius 2 is 1.30 bits per heavy atom. The fraction of sp³-hybridized carbons (Fsp3) is 0. The van der Waals surface area contributed by atoms with Crippen molar-refractivity contribution in [2.24, 2.45) is 0 Å². The lowest BCUT2D eigenvalue weighted by Crippen LogP contribution is -2.55. The van der Waals surface area contributed by atoms with Gasteiger partial charge in [-0.05, 0) is 40.8 Å². The maximum atomic E-state index is 6.93. The van der Waals surface area contributed by atoms with Crippen molar-refractivity contribution in [3.8, 4) is 16.8 Å². The van der Waals surface area contributed by atoms with E-state index in [1.165, 1.54) is 101 Å². The minimum Gasteiger partial charge on any atom is -0.454 e. The van der Waals surface area contributed by atoms with E-state index in [1.807, 2.05) is 22.7 Å². The van der Waals surface area contributed by atoms with Crippen LogP contribution in [0.3, 0.4) is 0 Å². The van der Waals surface area contributed by atoms with E-state index in [0.29, 0.717) is 0 Å². The second kappa shape index (κ2) is 7.56. The smallest absolute Gasteiger partial charge is 0.333 e. The first-order chi connectivity index (χ1) is 22.8. The molecule has 6 heteroatoms. The van der Waals surface area contributed by atoms with Crippen molar-refractivity contribution in [2.45, 2.75) is 0 Å². The standard InChI is InChI=1S/C40H19BN2OS2/c1-4-16-29-20(9-1)27-19-26-21-12-7-13-24-32-22-10-2-5-17-30(22)46-40(32)43(34(21)24)41-28-15-8-14-25-35(28)42(37(33(26)41)38(27)44-29)36-23-11-3-6-18-31(23)45-39(25)36/h1-19H. The number of rotatable bonds is 0. The van der Waals surface area contributed by atoms with Gasteiger partial charge in [-0.3, -0.25) is 0 Å². The molecule has 210 valence electrons. The topological polar surface area (TPSA) is 23.0 Å². The largest absolute Gasteiger partial charge is 0.454 e. The van der Waals surface area contributed by atoms with Gasteiger partial charge in [0.2, 0.25) is 0 Å². The number of hydrogen-bond acceptors (Lipinski definition) is 3. The van der Waals surface area contributed by atoms with Crippen molar-refractivity contribution >= 4 is 125 Å². The number of aromatic nitrogens is 2. The Hall–Kier alpha value is -5.30. The highest BCUT2D eigenvalue weighted by atomic mass is 32.1. The van der Waals surface area contributed by atoms with Gasteiger partial charge in [-0.1, -0.05) is 91.0 Å². The average molecular weight is 619 g/mol. The number of hydrogen-bond donors (Lipinski definition) is 0. The second-order valence-corrected chi connectivity index (χ2v) is 14.9. The molecule has 46 heavy (non-hydrogen) atoms. The fourth-order valence-corrected chi connectivity index (χ4v) is 11.5. The summed E-state index contributed by atoms with van der Waals surface area (Å²) in [4.78, 5) is 1.35. The summed E-state index contributed by atoms with van der Waals surface area (Å²) in [7, 11) is 0. The van der Waals surface area contributed by atoms with Crippen LogP contribution >= 0.6 is 22.7 Å². The summed E-state index contributed by atoms with van der Waals surface area (Å²) in [5.74, 6) is 0. The van der Waals surface area contributed by atoms with Gasteiger partial charge in [0.15, 0.2) is 5.58 Å². The molecule has 0 amide bonds. The van der Waals surface area contributed by atoms with E-state index >= 15 is 0 Å². The molecule has 0 saturated heterocycles. The number of fused-ring (bicyclic) bond motifs is 18. The molecule has 2 aliphatic heterocycles. The Bertz CT molecular complexity index is 3220. The molecule has 2 aliphatic rings. The molecular weight excluding hydrogens is 599 g/mol. The monoisotopic (exact) mass is 618 g/mol. The summed E-state index contributed by atoms with van der Waals surface area (Å²) in [5, 5.41) is 9.04. The first-order valence-electron chi connectivity index (χ1n) is 15.7. The van der Waals surface area contributed by atoms with Crippen LogP contribution in [0, 0.1) is 0 Å². The normalized spacial score (nSPS) is 13.6. The summed E-state index contributed by atoms with van der Waals surface area (Å²) in [6.45, 7) is 0.0250. The maximum Gasteiger partial charge on any atom is 0.333 e. The minimum absolute atomic E-state index is 0.0250. The number of thiophene rings is 2. The van der Waals surface area contributed by atoms with Gasteiger partial charge in [0.25, 0.3) is 0 Å². The van der Waals surface area contributed by atoms with Crippen LogP contribution in [-0.4, -0.2) is 15.9 Å². The number of benzene rings is 6. The highest BCUT2D eigenvalue weighted by Gasteiger charge is 2.43. The van der Waals surface area contributed by atoms with Crippen LogP contribution in [0.5, 0.6) is 0 Å². The van der Waals surface area contributed by atoms with Crippen molar-refractivity contribution in [3.05, 3.63) is 115 Å². The molecule has 0 fully saturated rings. The van der Waals surface area contributed by atoms with Gasteiger partial charge >= 0.3 is 6.85 Å². The van der Waals surface area contributed by atoms with Crippen LogP contribution < -0.4 is 10.9 Å². The van der Waals surface area contributed by atoms with Gasteiger partial charge in [-0.2, -0.15) is 0 Å². The average Bonchev–Trinajstić information content (AvgIpc) is 3.89. The molecule has 0 atom stereocenters. The molecular formula is C40H19BN2OS2. The molecule has 0 spiro atoms. The molecule has 0 bridgehead atoms. The lowest BCUT2D eigenvalue weighted by molar-refractivity contribution is 0.667. The molecule has 0 unspecified atom stereocenters. The van der Waals surface area contributed by atoms with Crippen molar-refractivity contribution in [1.29, 1.82) is 0 Å². The Labute approximate surface area is 269 Å². The third kappa shape index (κ3) is 2.39. The highest BCUT2D eigenvalue weighted by molar-refractivity contribution is 7.27.